The number of unbranched alkanes of at least 4 members (excludes halogenated alkanes) is 15. The zero-order valence-electron chi connectivity index (χ0n) is 35.4. The van der Waals surface area contributed by atoms with Gasteiger partial charge in [-0.1, -0.05) is 157 Å². The number of phenolic OH excluding ortho intramolecular Hbond substituents is 2. The largest absolute Gasteiger partial charge is 0.507 e. The molecule has 0 saturated heterocycles. The average Bonchev–Trinajstić information content (AvgIpc) is 3.14. The standard InChI is InChI=1S/C29H50O3.C20H22O3/c1-4-5-6-7-8-9-10-11-12-13-14-15-16-17-18-19-22-32-28(30)21-20-27-23-25(2)29(31)26(3)24-27;1-6-18(21)23-20-15(5)8-13(3)10-17(20)11-16-9-12(2)7-14(4)19(16)22/h23-24,31H,4-22H2,1-3H3;6-10,22H,1,11H2,2-5H3. The van der Waals surface area contributed by atoms with E-state index in [2.05, 4.69) is 13.5 Å². The highest BCUT2D eigenvalue weighted by Crippen LogP contribution is 2.32. The van der Waals surface area contributed by atoms with E-state index in [1.807, 2.05) is 77.9 Å². The van der Waals surface area contributed by atoms with Gasteiger partial charge in [-0.15, -0.1) is 0 Å². The molecule has 0 spiro atoms. The second-order valence-corrected chi connectivity index (χ2v) is 15.6. The van der Waals surface area contributed by atoms with E-state index in [1.54, 1.807) is 0 Å². The first kappa shape index (κ1) is 47.1. The van der Waals surface area contributed by atoms with E-state index in [1.165, 1.54) is 89.9 Å². The number of hydrogen-bond donors (Lipinski definition) is 2. The molecule has 0 aliphatic carbocycles. The molecule has 304 valence electrons. The van der Waals surface area contributed by atoms with Crippen LogP contribution in [-0.2, 0) is 27.2 Å². The Balaban J connectivity index is 0.000000400. The molecule has 0 fully saturated rings. The Morgan fingerprint density at radius 2 is 1.05 bits per heavy atom. The van der Waals surface area contributed by atoms with Gasteiger partial charge in [0.2, 0.25) is 0 Å². The van der Waals surface area contributed by atoms with Crippen LogP contribution in [0.1, 0.15) is 166 Å². The maximum atomic E-state index is 11.9. The van der Waals surface area contributed by atoms with Gasteiger partial charge in [0.15, 0.2) is 0 Å². The summed E-state index contributed by atoms with van der Waals surface area (Å²) in [6.07, 6.45) is 24.3. The summed E-state index contributed by atoms with van der Waals surface area (Å²) in [4.78, 5) is 23.6. The molecule has 0 aliphatic rings. The normalized spacial score (nSPS) is 10.8. The number of phenols is 2. The maximum Gasteiger partial charge on any atom is 0.335 e. The molecule has 3 rings (SSSR count). The summed E-state index contributed by atoms with van der Waals surface area (Å²) in [5.41, 5.74) is 8.40. The van der Waals surface area contributed by atoms with Crippen LogP contribution in [0.2, 0.25) is 0 Å². The van der Waals surface area contributed by atoms with Gasteiger partial charge in [0.25, 0.3) is 0 Å². The van der Waals surface area contributed by atoms with Gasteiger partial charge in [0.05, 0.1) is 6.61 Å². The summed E-state index contributed by atoms with van der Waals surface area (Å²) in [5.74, 6) is 0.576. The molecule has 0 radical (unpaired) electrons. The van der Waals surface area contributed by atoms with Crippen molar-refractivity contribution in [2.24, 2.45) is 0 Å². The summed E-state index contributed by atoms with van der Waals surface area (Å²) in [6, 6.07) is 11.8. The van der Waals surface area contributed by atoms with Crippen LogP contribution in [0.5, 0.6) is 17.2 Å². The fraction of sp³-hybridized carbons (Fsp3) is 0.551. The van der Waals surface area contributed by atoms with Gasteiger partial charge in [0.1, 0.15) is 17.2 Å². The number of rotatable bonds is 24. The first-order valence-corrected chi connectivity index (χ1v) is 21.0. The fourth-order valence-electron chi connectivity index (χ4n) is 7.19. The summed E-state index contributed by atoms with van der Waals surface area (Å²) in [7, 11) is 0. The molecule has 0 atom stereocenters. The quantitative estimate of drug-likeness (QED) is 0.0409. The van der Waals surface area contributed by atoms with E-state index in [0.29, 0.717) is 37.4 Å². The lowest BCUT2D eigenvalue weighted by Gasteiger charge is -2.15. The molecular weight excluding hydrogens is 685 g/mol. The zero-order chi connectivity index (χ0) is 40.6. The molecule has 0 aromatic heterocycles. The number of benzene rings is 3. The van der Waals surface area contributed by atoms with Crippen molar-refractivity contribution in [2.45, 2.75) is 170 Å². The molecule has 6 nitrogen and oxygen atoms in total. The Hall–Kier alpha value is -4.06. The second kappa shape index (κ2) is 26.7. The molecule has 0 saturated carbocycles. The predicted octanol–water partition coefficient (Wildman–Crippen LogP) is 13.1. The zero-order valence-corrected chi connectivity index (χ0v) is 35.4. The van der Waals surface area contributed by atoms with Gasteiger partial charge in [-0.25, -0.2) is 4.79 Å². The van der Waals surface area contributed by atoms with Crippen molar-refractivity contribution in [3.8, 4) is 17.2 Å². The van der Waals surface area contributed by atoms with Gasteiger partial charge in [-0.3, -0.25) is 4.79 Å². The number of ether oxygens (including phenoxy) is 2. The molecule has 6 heteroatoms. The minimum absolute atomic E-state index is 0.116. The highest BCUT2D eigenvalue weighted by Gasteiger charge is 2.15. The Morgan fingerprint density at radius 3 is 1.56 bits per heavy atom. The predicted molar refractivity (Wildman–Crippen MR) is 229 cm³/mol. The minimum Gasteiger partial charge on any atom is -0.507 e. The maximum absolute atomic E-state index is 11.9. The Kier molecular flexibility index (Phi) is 22.9. The van der Waals surface area contributed by atoms with Crippen LogP contribution in [0.4, 0.5) is 0 Å². The third kappa shape index (κ3) is 18.9. The van der Waals surface area contributed by atoms with Crippen molar-refractivity contribution in [2.75, 3.05) is 6.61 Å². The molecular formula is C49H72O6. The van der Waals surface area contributed by atoms with Crippen LogP contribution in [0, 0.1) is 41.5 Å². The SMILES string of the molecule is C=CC(=O)Oc1c(C)cc(C)cc1Cc1cc(C)cc(C)c1O.CCCCCCCCCCCCCCCCCCOC(=O)CCc1cc(C)c(O)c(C)c1. The first-order chi connectivity index (χ1) is 26.4. The van der Waals surface area contributed by atoms with E-state index in [9.17, 15) is 19.8 Å². The minimum atomic E-state index is -0.483. The molecule has 0 bridgehead atoms. The molecule has 3 aromatic rings. The Bertz CT molecular complexity index is 1600. The van der Waals surface area contributed by atoms with Gasteiger partial charge >= 0.3 is 11.9 Å². The third-order valence-corrected chi connectivity index (χ3v) is 10.2. The van der Waals surface area contributed by atoms with Crippen molar-refractivity contribution in [1.29, 1.82) is 0 Å². The van der Waals surface area contributed by atoms with Gasteiger partial charge in [0, 0.05) is 18.9 Å². The van der Waals surface area contributed by atoms with Crippen molar-refractivity contribution in [1.82, 2.24) is 0 Å². The van der Waals surface area contributed by atoms with E-state index >= 15 is 0 Å². The lowest BCUT2D eigenvalue weighted by molar-refractivity contribution is -0.143. The van der Waals surface area contributed by atoms with Crippen molar-refractivity contribution >= 4 is 11.9 Å². The summed E-state index contributed by atoms with van der Waals surface area (Å²) in [6.45, 7) is 17.8. The second-order valence-electron chi connectivity index (χ2n) is 15.6. The summed E-state index contributed by atoms with van der Waals surface area (Å²) in [5, 5.41) is 20.1. The highest BCUT2D eigenvalue weighted by atomic mass is 16.5. The lowest BCUT2D eigenvalue weighted by Crippen LogP contribution is -2.08. The summed E-state index contributed by atoms with van der Waals surface area (Å²) >= 11 is 0. The Morgan fingerprint density at radius 1 is 0.600 bits per heavy atom. The van der Waals surface area contributed by atoms with E-state index in [-0.39, 0.29) is 11.7 Å². The van der Waals surface area contributed by atoms with Crippen LogP contribution in [0.15, 0.2) is 49.1 Å². The van der Waals surface area contributed by atoms with Gasteiger partial charge in [-0.2, -0.15) is 0 Å². The fourth-order valence-corrected chi connectivity index (χ4v) is 7.19. The lowest BCUT2D eigenvalue weighted by atomic mass is 9.96. The third-order valence-electron chi connectivity index (χ3n) is 10.2. The van der Waals surface area contributed by atoms with Gasteiger partial charge < -0.3 is 19.7 Å². The molecule has 0 amide bonds. The van der Waals surface area contributed by atoms with E-state index < -0.39 is 5.97 Å². The number of carbonyl (C=O) groups is 2. The van der Waals surface area contributed by atoms with Crippen LogP contribution >= 0.6 is 0 Å². The highest BCUT2D eigenvalue weighted by molar-refractivity contribution is 5.84. The van der Waals surface area contributed by atoms with Gasteiger partial charge in [-0.05, 0) is 93.3 Å². The average molecular weight is 757 g/mol. The number of carbonyl (C=O) groups excluding carboxylic acids is 2. The number of aromatic hydroxyl groups is 2. The van der Waals surface area contributed by atoms with Crippen LogP contribution < -0.4 is 4.74 Å². The smallest absolute Gasteiger partial charge is 0.335 e. The number of aryl methyl sites for hydroxylation is 7. The van der Waals surface area contributed by atoms with Crippen LogP contribution in [0.3, 0.4) is 0 Å². The number of hydrogen-bond acceptors (Lipinski definition) is 6. The van der Waals surface area contributed by atoms with E-state index in [0.717, 1.165) is 69.0 Å². The number of esters is 2. The molecule has 0 heterocycles. The van der Waals surface area contributed by atoms with E-state index in [4.69, 9.17) is 9.47 Å². The first-order valence-electron chi connectivity index (χ1n) is 21.0. The Labute approximate surface area is 333 Å². The van der Waals surface area contributed by atoms with Crippen LogP contribution in [0.25, 0.3) is 0 Å². The monoisotopic (exact) mass is 757 g/mol. The molecule has 0 unspecified atom stereocenters. The molecule has 2 N–H and O–H groups in total. The topological polar surface area (TPSA) is 93.1 Å². The van der Waals surface area contributed by atoms with Crippen molar-refractivity contribution < 1.29 is 29.3 Å². The van der Waals surface area contributed by atoms with Crippen molar-refractivity contribution in [3.63, 3.8) is 0 Å². The molecule has 0 aliphatic heterocycles. The summed E-state index contributed by atoms with van der Waals surface area (Å²) < 4.78 is 10.8. The molecule has 3 aromatic carbocycles. The molecule has 55 heavy (non-hydrogen) atoms. The van der Waals surface area contributed by atoms with Crippen LogP contribution in [-0.4, -0.2) is 28.8 Å². The van der Waals surface area contributed by atoms with Crippen molar-refractivity contribution in [3.05, 3.63) is 99.1 Å².